The maximum Gasteiger partial charge on any atom is 0.256 e. The summed E-state index contributed by atoms with van der Waals surface area (Å²) >= 11 is 0. The van der Waals surface area contributed by atoms with Gasteiger partial charge in [0.2, 0.25) is 0 Å². The van der Waals surface area contributed by atoms with Crippen LogP contribution in [0, 0.1) is 0 Å². The number of aromatic nitrogens is 3. The molecule has 1 aliphatic heterocycles. The Hall–Kier alpha value is -1.93. The predicted molar refractivity (Wildman–Crippen MR) is 88.6 cm³/mol. The van der Waals surface area contributed by atoms with Gasteiger partial charge < -0.3 is 5.11 Å². The van der Waals surface area contributed by atoms with Gasteiger partial charge in [0.25, 0.3) is 5.88 Å². The lowest BCUT2D eigenvalue weighted by molar-refractivity contribution is 0.187. The molecule has 24 heavy (non-hydrogen) atoms. The molecular formula is C16H20N4O3S. The molecule has 2 aliphatic rings. The lowest BCUT2D eigenvalue weighted by Crippen LogP contribution is -2.38. The van der Waals surface area contributed by atoms with Crippen molar-refractivity contribution in [2.45, 2.75) is 37.9 Å². The zero-order valence-electron chi connectivity index (χ0n) is 13.2. The second-order valence-corrected chi connectivity index (χ2v) is 8.80. The van der Waals surface area contributed by atoms with Crippen LogP contribution < -0.4 is 0 Å². The molecule has 0 amide bonds. The summed E-state index contributed by atoms with van der Waals surface area (Å²) in [5.41, 5.74) is 1.44. The smallest absolute Gasteiger partial charge is 0.256 e. The van der Waals surface area contributed by atoms with E-state index in [9.17, 15) is 13.5 Å². The summed E-state index contributed by atoms with van der Waals surface area (Å²) in [6.45, 7) is 0.457. The fourth-order valence-electron chi connectivity index (χ4n) is 3.38. The Morgan fingerprint density at radius 2 is 1.92 bits per heavy atom. The van der Waals surface area contributed by atoms with Crippen LogP contribution in [-0.2, 0) is 16.4 Å². The van der Waals surface area contributed by atoms with E-state index in [0.29, 0.717) is 24.7 Å². The molecule has 0 radical (unpaired) electrons. The first-order chi connectivity index (χ1) is 11.5. The van der Waals surface area contributed by atoms with Crippen molar-refractivity contribution in [1.29, 1.82) is 0 Å². The van der Waals surface area contributed by atoms with E-state index in [1.807, 2.05) is 30.3 Å². The normalized spacial score (nSPS) is 23.0. The molecule has 0 bridgehead atoms. The first-order valence-corrected chi connectivity index (χ1v) is 10.0. The molecule has 2 aromatic rings. The molecule has 1 aromatic carbocycles. The number of rotatable bonds is 5. The fraction of sp³-hybridized carbons (Fsp3) is 0.500. The molecule has 1 unspecified atom stereocenters. The minimum Gasteiger partial charge on any atom is -0.491 e. The number of aromatic hydroxyl groups is 1. The summed E-state index contributed by atoms with van der Waals surface area (Å²) in [5, 5.41) is 18.0. The van der Waals surface area contributed by atoms with Crippen molar-refractivity contribution >= 4 is 9.84 Å². The molecule has 1 aliphatic carbocycles. The number of benzene rings is 1. The second-order valence-electron chi connectivity index (χ2n) is 6.57. The van der Waals surface area contributed by atoms with Gasteiger partial charge in [0, 0.05) is 18.6 Å². The van der Waals surface area contributed by atoms with Gasteiger partial charge in [0.15, 0.2) is 9.84 Å². The van der Waals surface area contributed by atoms with Crippen LogP contribution >= 0.6 is 0 Å². The summed E-state index contributed by atoms with van der Waals surface area (Å²) in [7, 11) is -2.94. The van der Waals surface area contributed by atoms with Crippen molar-refractivity contribution in [2.75, 3.05) is 11.5 Å². The van der Waals surface area contributed by atoms with Crippen molar-refractivity contribution in [2.24, 2.45) is 0 Å². The van der Waals surface area contributed by atoms with E-state index in [1.54, 1.807) is 4.68 Å². The topological polar surface area (TPSA) is 88.3 Å². The van der Waals surface area contributed by atoms with E-state index < -0.39 is 9.84 Å². The SMILES string of the molecule is O=S1(=O)CCC(N(Cc2c(O)nnn2-c2ccccc2)C2CC2)C1. The van der Waals surface area contributed by atoms with Crippen LogP contribution in [0.15, 0.2) is 30.3 Å². The Bertz CT molecular complexity index is 830. The van der Waals surface area contributed by atoms with Crippen molar-refractivity contribution < 1.29 is 13.5 Å². The summed E-state index contributed by atoms with van der Waals surface area (Å²) in [6.07, 6.45) is 2.81. The number of nitrogens with zero attached hydrogens (tertiary/aromatic N) is 4. The first kappa shape index (κ1) is 15.6. The van der Waals surface area contributed by atoms with Crippen LogP contribution in [0.1, 0.15) is 25.0 Å². The van der Waals surface area contributed by atoms with E-state index in [4.69, 9.17) is 0 Å². The molecule has 1 atom stereocenters. The highest BCUT2D eigenvalue weighted by atomic mass is 32.2. The average Bonchev–Trinajstić information content (AvgIpc) is 3.25. The molecule has 2 fully saturated rings. The minimum atomic E-state index is -2.94. The number of para-hydroxylation sites is 1. The number of sulfone groups is 1. The Kier molecular flexibility index (Phi) is 3.80. The average molecular weight is 348 g/mol. The summed E-state index contributed by atoms with van der Waals surface area (Å²) in [4.78, 5) is 2.21. The van der Waals surface area contributed by atoms with Gasteiger partial charge in [0.05, 0.1) is 17.2 Å². The third-order valence-electron chi connectivity index (χ3n) is 4.77. The highest BCUT2D eigenvalue weighted by Gasteiger charge is 2.40. The standard InChI is InChI=1S/C16H20N4O3S/c21-16-15(20(18-17-16)13-4-2-1-3-5-13)10-19(12-6-7-12)14-8-9-24(22,23)11-14/h1-5,12,14,21H,6-11H2. The van der Waals surface area contributed by atoms with Gasteiger partial charge in [-0.1, -0.05) is 28.5 Å². The van der Waals surface area contributed by atoms with Crippen LogP contribution in [0.25, 0.3) is 5.69 Å². The van der Waals surface area contributed by atoms with Gasteiger partial charge in [-0.3, -0.25) is 4.90 Å². The maximum absolute atomic E-state index is 11.8. The molecular weight excluding hydrogens is 328 g/mol. The van der Waals surface area contributed by atoms with E-state index >= 15 is 0 Å². The highest BCUT2D eigenvalue weighted by Crippen LogP contribution is 2.34. The third kappa shape index (κ3) is 3.03. The van der Waals surface area contributed by atoms with Crippen molar-refractivity contribution in [3.05, 3.63) is 36.0 Å². The van der Waals surface area contributed by atoms with E-state index in [-0.39, 0.29) is 23.4 Å². The molecule has 8 heteroatoms. The van der Waals surface area contributed by atoms with E-state index in [2.05, 4.69) is 15.2 Å². The number of hydrogen-bond acceptors (Lipinski definition) is 6. The molecule has 1 saturated carbocycles. The fourth-order valence-corrected chi connectivity index (χ4v) is 5.12. The summed E-state index contributed by atoms with van der Waals surface area (Å²) in [6, 6.07) is 9.93. The third-order valence-corrected chi connectivity index (χ3v) is 6.52. The van der Waals surface area contributed by atoms with Gasteiger partial charge in [-0.05, 0) is 31.4 Å². The first-order valence-electron chi connectivity index (χ1n) is 8.18. The van der Waals surface area contributed by atoms with Crippen molar-refractivity contribution in [3.63, 3.8) is 0 Å². The molecule has 0 spiro atoms. The Balaban J connectivity index is 1.63. The van der Waals surface area contributed by atoms with Crippen LogP contribution in [0.3, 0.4) is 0 Å². The highest BCUT2D eigenvalue weighted by molar-refractivity contribution is 7.91. The largest absolute Gasteiger partial charge is 0.491 e. The number of hydrogen-bond donors (Lipinski definition) is 1. The monoisotopic (exact) mass is 348 g/mol. The van der Waals surface area contributed by atoms with Gasteiger partial charge in [0.1, 0.15) is 5.69 Å². The Morgan fingerprint density at radius 1 is 1.17 bits per heavy atom. The molecule has 1 aromatic heterocycles. The van der Waals surface area contributed by atoms with Crippen LogP contribution in [0.4, 0.5) is 0 Å². The molecule has 7 nitrogen and oxygen atoms in total. The summed E-state index contributed by atoms with van der Waals surface area (Å²) < 4.78 is 25.3. The molecule has 1 N–H and O–H groups in total. The van der Waals surface area contributed by atoms with Crippen molar-refractivity contribution in [3.8, 4) is 11.6 Å². The summed E-state index contributed by atoms with van der Waals surface area (Å²) in [5.74, 6) is 0.366. The van der Waals surface area contributed by atoms with E-state index in [0.717, 1.165) is 18.5 Å². The van der Waals surface area contributed by atoms with E-state index in [1.165, 1.54) is 0 Å². The van der Waals surface area contributed by atoms with Crippen molar-refractivity contribution in [1.82, 2.24) is 19.9 Å². The maximum atomic E-state index is 11.8. The van der Waals surface area contributed by atoms with Gasteiger partial charge in [-0.2, -0.15) is 0 Å². The lowest BCUT2D eigenvalue weighted by Gasteiger charge is -2.27. The zero-order chi connectivity index (χ0) is 16.7. The lowest BCUT2D eigenvalue weighted by atomic mass is 10.2. The molecule has 128 valence electrons. The predicted octanol–water partition coefficient (Wildman–Crippen LogP) is 1.12. The Labute approximate surface area is 140 Å². The van der Waals surface area contributed by atoms with Gasteiger partial charge in [-0.25, -0.2) is 13.1 Å². The minimum absolute atomic E-state index is 0.0148. The Morgan fingerprint density at radius 3 is 2.54 bits per heavy atom. The molecule has 4 rings (SSSR count). The zero-order valence-corrected chi connectivity index (χ0v) is 14.1. The van der Waals surface area contributed by atoms with Gasteiger partial charge in [-0.15, -0.1) is 0 Å². The molecule has 2 heterocycles. The van der Waals surface area contributed by atoms with Gasteiger partial charge >= 0.3 is 0 Å². The van der Waals surface area contributed by atoms with Crippen LogP contribution in [0.2, 0.25) is 0 Å². The molecule has 1 saturated heterocycles. The van der Waals surface area contributed by atoms with Crippen LogP contribution in [0.5, 0.6) is 5.88 Å². The second kappa shape index (κ2) is 5.86. The quantitative estimate of drug-likeness (QED) is 0.871. The van der Waals surface area contributed by atoms with Crippen LogP contribution in [-0.4, -0.2) is 57.0 Å².